The summed E-state index contributed by atoms with van der Waals surface area (Å²) in [6, 6.07) is 7.55. The van der Waals surface area contributed by atoms with Crippen LogP contribution in [0.4, 0.5) is 5.69 Å². The van der Waals surface area contributed by atoms with Gasteiger partial charge in [0.05, 0.1) is 6.54 Å². The molecule has 1 atom stereocenters. The summed E-state index contributed by atoms with van der Waals surface area (Å²) in [5.74, 6) is 0.508. The van der Waals surface area contributed by atoms with Crippen molar-refractivity contribution in [3.63, 3.8) is 0 Å². The van der Waals surface area contributed by atoms with E-state index in [9.17, 15) is 10.3 Å². The Morgan fingerprint density at radius 3 is 3.07 bits per heavy atom. The van der Waals surface area contributed by atoms with E-state index < -0.39 is 6.10 Å². The van der Waals surface area contributed by atoms with Gasteiger partial charge in [-0.05, 0) is 6.07 Å². The minimum atomic E-state index is -0.601. The summed E-state index contributed by atoms with van der Waals surface area (Å²) < 4.78 is 0.872. The number of amidine groups is 1. The number of hydrogen-bond donors (Lipinski definition) is 1. The SMILES string of the molecule is [O-][N+]1=C2C(O)CCN2Cc2ccccc21. The van der Waals surface area contributed by atoms with E-state index in [0.29, 0.717) is 17.9 Å². The van der Waals surface area contributed by atoms with Crippen LogP contribution in [0.1, 0.15) is 12.0 Å². The van der Waals surface area contributed by atoms with Gasteiger partial charge in [0.2, 0.25) is 0 Å². The number of para-hydroxylation sites is 1. The maximum absolute atomic E-state index is 12.0. The van der Waals surface area contributed by atoms with Gasteiger partial charge in [0.25, 0.3) is 5.84 Å². The van der Waals surface area contributed by atoms with Crippen LogP contribution < -0.4 is 0 Å². The summed E-state index contributed by atoms with van der Waals surface area (Å²) in [4.78, 5) is 1.96. The van der Waals surface area contributed by atoms with Crippen LogP contribution in [0.2, 0.25) is 0 Å². The molecule has 1 aromatic rings. The average molecular weight is 204 g/mol. The Morgan fingerprint density at radius 2 is 2.20 bits per heavy atom. The average Bonchev–Trinajstić information content (AvgIpc) is 2.61. The Bertz CT molecular complexity index is 442. The summed E-state index contributed by atoms with van der Waals surface area (Å²) in [5.41, 5.74) is 1.70. The molecule has 1 fully saturated rings. The first-order valence-electron chi connectivity index (χ1n) is 5.12. The molecule has 0 spiro atoms. The molecular weight excluding hydrogens is 192 g/mol. The third-order valence-corrected chi connectivity index (χ3v) is 3.07. The van der Waals surface area contributed by atoms with Crippen molar-refractivity contribution in [1.82, 2.24) is 4.90 Å². The fourth-order valence-electron chi connectivity index (χ4n) is 2.33. The molecule has 2 heterocycles. The standard InChI is InChI=1S/C11H12N2O2/c14-10-5-6-12-7-8-3-1-2-4-9(8)13(15)11(10)12/h1-4,10,14H,5-7H2. The molecule has 78 valence electrons. The van der Waals surface area contributed by atoms with E-state index in [-0.39, 0.29) is 0 Å². The fraction of sp³-hybridized carbons (Fsp3) is 0.364. The van der Waals surface area contributed by atoms with Crippen LogP contribution in [0, 0.1) is 5.21 Å². The Morgan fingerprint density at radius 1 is 1.40 bits per heavy atom. The molecule has 2 aliphatic rings. The summed E-state index contributed by atoms with van der Waals surface area (Å²) >= 11 is 0. The molecule has 4 heteroatoms. The minimum absolute atomic E-state index is 0.508. The highest BCUT2D eigenvalue weighted by atomic mass is 16.5. The van der Waals surface area contributed by atoms with Crippen molar-refractivity contribution in [2.75, 3.05) is 6.54 Å². The Hall–Kier alpha value is -1.55. The first kappa shape index (κ1) is 8.73. The number of nitrogens with zero attached hydrogens (tertiary/aromatic N) is 2. The van der Waals surface area contributed by atoms with Crippen molar-refractivity contribution in [2.24, 2.45) is 0 Å². The topological polar surface area (TPSA) is 49.5 Å². The van der Waals surface area contributed by atoms with Crippen molar-refractivity contribution in [3.05, 3.63) is 35.0 Å². The highest BCUT2D eigenvalue weighted by molar-refractivity contribution is 5.86. The van der Waals surface area contributed by atoms with Crippen molar-refractivity contribution in [2.45, 2.75) is 19.1 Å². The van der Waals surface area contributed by atoms with Gasteiger partial charge in [-0.3, -0.25) is 4.90 Å². The molecule has 1 saturated heterocycles. The predicted molar refractivity (Wildman–Crippen MR) is 55.8 cm³/mol. The zero-order valence-electron chi connectivity index (χ0n) is 8.26. The molecular formula is C11H12N2O2. The molecule has 0 bridgehead atoms. The van der Waals surface area contributed by atoms with Crippen LogP contribution in [0.5, 0.6) is 0 Å². The lowest BCUT2D eigenvalue weighted by Gasteiger charge is -2.26. The van der Waals surface area contributed by atoms with E-state index in [1.165, 1.54) is 0 Å². The van der Waals surface area contributed by atoms with Crippen molar-refractivity contribution in [1.29, 1.82) is 0 Å². The zero-order valence-corrected chi connectivity index (χ0v) is 8.26. The zero-order chi connectivity index (χ0) is 10.4. The normalized spacial score (nSPS) is 24.1. The smallest absolute Gasteiger partial charge is 0.284 e. The lowest BCUT2D eigenvalue weighted by atomic mass is 10.1. The molecule has 3 rings (SSSR count). The monoisotopic (exact) mass is 204 g/mol. The van der Waals surface area contributed by atoms with Crippen LogP contribution >= 0.6 is 0 Å². The summed E-state index contributed by atoms with van der Waals surface area (Å²) in [7, 11) is 0. The lowest BCUT2D eigenvalue weighted by molar-refractivity contribution is -0.375. The van der Waals surface area contributed by atoms with Gasteiger partial charge in [0.15, 0.2) is 6.10 Å². The fourth-order valence-corrected chi connectivity index (χ4v) is 2.33. The van der Waals surface area contributed by atoms with Gasteiger partial charge in [0.1, 0.15) is 12.2 Å². The third kappa shape index (κ3) is 1.15. The number of aliphatic hydroxyl groups excluding tert-OH is 1. The molecule has 0 amide bonds. The highest BCUT2D eigenvalue weighted by Gasteiger charge is 2.39. The molecule has 0 aromatic heterocycles. The predicted octanol–water partition coefficient (Wildman–Crippen LogP) is 0.807. The van der Waals surface area contributed by atoms with E-state index >= 15 is 0 Å². The maximum Gasteiger partial charge on any atom is 0.284 e. The van der Waals surface area contributed by atoms with E-state index in [0.717, 1.165) is 23.4 Å². The first-order chi connectivity index (χ1) is 7.27. The van der Waals surface area contributed by atoms with Crippen molar-refractivity contribution in [3.8, 4) is 0 Å². The molecule has 1 aromatic carbocycles. The summed E-state index contributed by atoms with van der Waals surface area (Å²) in [6.45, 7) is 1.50. The van der Waals surface area contributed by atoms with Gasteiger partial charge in [-0.1, -0.05) is 18.2 Å². The number of benzene rings is 1. The van der Waals surface area contributed by atoms with Crippen LogP contribution in [-0.2, 0) is 6.54 Å². The molecule has 1 unspecified atom stereocenters. The Labute approximate surface area is 87.7 Å². The van der Waals surface area contributed by atoms with Gasteiger partial charge in [-0.25, -0.2) is 4.74 Å². The number of hydrogen-bond acceptors (Lipinski definition) is 3. The van der Waals surface area contributed by atoms with Gasteiger partial charge >= 0.3 is 0 Å². The Balaban J connectivity index is 2.18. The second kappa shape index (κ2) is 2.97. The maximum atomic E-state index is 12.0. The van der Waals surface area contributed by atoms with Gasteiger partial charge in [0, 0.05) is 12.0 Å². The number of aliphatic hydroxyl groups is 1. The van der Waals surface area contributed by atoms with Crippen LogP contribution in [-0.4, -0.2) is 33.2 Å². The van der Waals surface area contributed by atoms with E-state index in [2.05, 4.69) is 0 Å². The molecule has 0 radical (unpaired) electrons. The van der Waals surface area contributed by atoms with Crippen molar-refractivity contribution >= 4 is 11.5 Å². The minimum Gasteiger partial charge on any atom is -0.710 e. The second-order valence-corrected chi connectivity index (χ2v) is 4.01. The number of rotatable bonds is 0. The highest BCUT2D eigenvalue weighted by Crippen LogP contribution is 2.29. The van der Waals surface area contributed by atoms with Gasteiger partial charge in [-0.15, -0.1) is 0 Å². The van der Waals surface area contributed by atoms with Crippen LogP contribution in [0.25, 0.3) is 0 Å². The molecule has 15 heavy (non-hydrogen) atoms. The molecule has 1 N–H and O–H groups in total. The molecule has 0 aliphatic carbocycles. The van der Waals surface area contributed by atoms with Gasteiger partial charge < -0.3 is 10.3 Å². The summed E-state index contributed by atoms with van der Waals surface area (Å²) in [5, 5.41) is 21.7. The van der Waals surface area contributed by atoms with E-state index in [1.54, 1.807) is 6.07 Å². The summed E-state index contributed by atoms with van der Waals surface area (Å²) in [6.07, 6.45) is 0.0538. The quantitative estimate of drug-likeness (QED) is 0.502. The third-order valence-electron chi connectivity index (χ3n) is 3.07. The lowest BCUT2D eigenvalue weighted by Crippen LogP contribution is -2.38. The van der Waals surface area contributed by atoms with E-state index in [1.807, 2.05) is 23.1 Å². The van der Waals surface area contributed by atoms with Crippen molar-refractivity contribution < 1.29 is 9.85 Å². The molecule has 4 nitrogen and oxygen atoms in total. The van der Waals surface area contributed by atoms with Crippen LogP contribution in [0.3, 0.4) is 0 Å². The first-order valence-corrected chi connectivity index (χ1v) is 5.12. The number of fused-ring (bicyclic) bond motifs is 2. The van der Waals surface area contributed by atoms with Crippen LogP contribution in [0.15, 0.2) is 24.3 Å². The second-order valence-electron chi connectivity index (χ2n) is 4.01. The van der Waals surface area contributed by atoms with E-state index in [4.69, 9.17) is 0 Å². The largest absolute Gasteiger partial charge is 0.710 e. The Kier molecular flexibility index (Phi) is 1.73. The van der Waals surface area contributed by atoms with Gasteiger partial charge in [-0.2, -0.15) is 0 Å². The molecule has 0 saturated carbocycles. The molecule has 2 aliphatic heterocycles.